The number of halogens is 1. The summed E-state index contributed by atoms with van der Waals surface area (Å²) in [4.78, 5) is 16.7. The number of hydrogen-bond acceptors (Lipinski definition) is 3. The maximum absolute atomic E-state index is 12.4. The van der Waals surface area contributed by atoms with E-state index in [2.05, 4.69) is 21.7 Å². The molecule has 5 heteroatoms. The van der Waals surface area contributed by atoms with Crippen molar-refractivity contribution < 1.29 is 4.79 Å². The Balaban J connectivity index is 1.55. The summed E-state index contributed by atoms with van der Waals surface area (Å²) in [5.41, 5.74) is 2.81. The molecule has 0 atom stereocenters. The van der Waals surface area contributed by atoms with Crippen molar-refractivity contribution in [2.45, 2.75) is 32.1 Å². The van der Waals surface area contributed by atoms with E-state index in [0.29, 0.717) is 16.3 Å². The molecule has 0 saturated carbocycles. The van der Waals surface area contributed by atoms with Gasteiger partial charge in [0.05, 0.1) is 0 Å². The van der Waals surface area contributed by atoms with Crippen LogP contribution in [0.25, 0.3) is 0 Å². The fourth-order valence-corrected chi connectivity index (χ4v) is 3.01. The van der Waals surface area contributed by atoms with Gasteiger partial charge in [-0.1, -0.05) is 23.3 Å². The Kier molecular flexibility index (Phi) is 6.07. The lowest BCUT2D eigenvalue weighted by Crippen LogP contribution is -2.13. The molecule has 0 unspecified atom stereocenters. The Morgan fingerprint density at radius 2 is 2.00 bits per heavy atom. The van der Waals surface area contributed by atoms with Crippen LogP contribution in [0.4, 0.5) is 11.5 Å². The number of amides is 1. The second-order valence-corrected chi connectivity index (χ2v) is 6.61. The van der Waals surface area contributed by atoms with Gasteiger partial charge >= 0.3 is 0 Å². The van der Waals surface area contributed by atoms with Crippen LogP contribution in [-0.2, 0) is 0 Å². The number of carbonyl (C=O) groups excluding carboxylic acids is 1. The van der Waals surface area contributed by atoms with Gasteiger partial charge in [0, 0.05) is 29.0 Å². The van der Waals surface area contributed by atoms with Gasteiger partial charge in [0.25, 0.3) is 5.91 Å². The monoisotopic (exact) mass is 355 g/mol. The van der Waals surface area contributed by atoms with Gasteiger partial charge < -0.3 is 10.6 Å². The van der Waals surface area contributed by atoms with E-state index in [1.54, 1.807) is 42.6 Å². The number of pyridine rings is 1. The number of carbonyl (C=O) groups is 1. The molecule has 1 amide bonds. The first-order chi connectivity index (χ1) is 12.2. The third kappa shape index (κ3) is 5.33. The summed E-state index contributed by atoms with van der Waals surface area (Å²) in [6.07, 6.45) is 10.1. The number of nitrogens with zero attached hydrogens (tertiary/aromatic N) is 1. The summed E-state index contributed by atoms with van der Waals surface area (Å²) >= 11 is 5.86. The van der Waals surface area contributed by atoms with Crippen molar-refractivity contribution in [3.05, 3.63) is 64.8 Å². The minimum absolute atomic E-state index is 0.164. The molecule has 1 aromatic heterocycles. The van der Waals surface area contributed by atoms with Crippen molar-refractivity contribution in [1.82, 2.24) is 4.98 Å². The Labute approximate surface area is 153 Å². The van der Waals surface area contributed by atoms with Crippen LogP contribution in [0, 0.1) is 0 Å². The van der Waals surface area contributed by atoms with Crippen LogP contribution in [0.15, 0.2) is 54.2 Å². The van der Waals surface area contributed by atoms with E-state index in [0.717, 1.165) is 18.8 Å². The fourth-order valence-electron chi connectivity index (χ4n) is 2.89. The lowest BCUT2D eigenvalue weighted by Gasteiger charge is -2.13. The van der Waals surface area contributed by atoms with E-state index in [1.807, 2.05) is 0 Å². The number of hydrogen-bond donors (Lipinski definition) is 2. The molecule has 0 spiro atoms. The molecular weight excluding hydrogens is 334 g/mol. The van der Waals surface area contributed by atoms with E-state index in [9.17, 15) is 4.79 Å². The van der Waals surface area contributed by atoms with Crippen molar-refractivity contribution in [3.8, 4) is 0 Å². The quantitative estimate of drug-likeness (QED) is 0.692. The number of anilines is 2. The second kappa shape index (κ2) is 8.67. The Bertz CT molecular complexity index is 756. The molecule has 1 aromatic carbocycles. The third-order valence-corrected chi connectivity index (χ3v) is 4.51. The van der Waals surface area contributed by atoms with Crippen LogP contribution in [-0.4, -0.2) is 17.4 Å². The summed E-state index contributed by atoms with van der Waals surface area (Å²) in [7, 11) is 0. The minimum Gasteiger partial charge on any atom is -0.370 e. The van der Waals surface area contributed by atoms with Crippen LogP contribution in [0.1, 0.15) is 42.5 Å². The molecule has 1 aliphatic carbocycles. The topological polar surface area (TPSA) is 54.0 Å². The van der Waals surface area contributed by atoms with Crippen molar-refractivity contribution >= 4 is 29.0 Å². The molecule has 25 heavy (non-hydrogen) atoms. The first-order valence-electron chi connectivity index (χ1n) is 8.65. The van der Waals surface area contributed by atoms with Gasteiger partial charge in [-0.2, -0.15) is 0 Å². The number of benzene rings is 1. The lowest BCUT2D eigenvalue weighted by molar-refractivity contribution is 0.102. The van der Waals surface area contributed by atoms with E-state index >= 15 is 0 Å². The molecule has 0 fully saturated rings. The number of rotatable bonds is 6. The van der Waals surface area contributed by atoms with Gasteiger partial charge in [-0.25, -0.2) is 4.98 Å². The van der Waals surface area contributed by atoms with Gasteiger partial charge in [-0.15, -0.1) is 0 Å². The van der Waals surface area contributed by atoms with E-state index in [1.165, 1.54) is 31.3 Å². The highest BCUT2D eigenvalue weighted by molar-refractivity contribution is 6.30. The zero-order chi connectivity index (χ0) is 17.5. The maximum Gasteiger partial charge on any atom is 0.255 e. The van der Waals surface area contributed by atoms with Crippen LogP contribution < -0.4 is 10.6 Å². The third-order valence-electron chi connectivity index (χ3n) is 4.26. The molecule has 1 heterocycles. The van der Waals surface area contributed by atoms with Gasteiger partial charge in [0.15, 0.2) is 0 Å². The molecule has 0 radical (unpaired) electrons. The zero-order valence-corrected chi connectivity index (χ0v) is 14.9. The molecule has 4 nitrogen and oxygen atoms in total. The molecule has 0 saturated heterocycles. The van der Waals surface area contributed by atoms with Crippen LogP contribution >= 0.6 is 11.6 Å². The summed E-state index contributed by atoms with van der Waals surface area (Å²) in [5, 5.41) is 6.81. The number of aromatic nitrogens is 1. The van der Waals surface area contributed by atoms with Crippen molar-refractivity contribution in [3.63, 3.8) is 0 Å². The summed E-state index contributed by atoms with van der Waals surface area (Å²) < 4.78 is 0. The molecule has 2 aromatic rings. The average Bonchev–Trinajstić information content (AvgIpc) is 2.65. The Morgan fingerprint density at radius 1 is 1.16 bits per heavy atom. The Morgan fingerprint density at radius 3 is 2.76 bits per heavy atom. The summed E-state index contributed by atoms with van der Waals surface area (Å²) in [6, 6.07) is 10.5. The standard InChI is InChI=1S/C20H22ClN3O/c21-17-6-8-18(9-7-17)24-20(25)16-11-13-23-19(14-16)22-12-10-15-4-2-1-3-5-15/h4,6-9,11,13-14H,1-3,5,10,12H2,(H,22,23)(H,24,25). The van der Waals surface area contributed by atoms with Crippen molar-refractivity contribution in [2.24, 2.45) is 0 Å². The first-order valence-corrected chi connectivity index (χ1v) is 9.03. The molecule has 3 rings (SSSR count). The van der Waals surface area contributed by atoms with Crippen molar-refractivity contribution in [2.75, 3.05) is 17.2 Å². The van der Waals surface area contributed by atoms with Gasteiger partial charge in [-0.05, 0) is 68.5 Å². The molecule has 1 aliphatic rings. The fraction of sp³-hybridized carbons (Fsp3) is 0.300. The maximum atomic E-state index is 12.4. The molecule has 2 N–H and O–H groups in total. The molecule has 0 aliphatic heterocycles. The predicted molar refractivity (Wildman–Crippen MR) is 103 cm³/mol. The first kappa shape index (κ1) is 17.5. The molecule has 130 valence electrons. The highest BCUT2D eigenvalue weighted by Crippen LogP contribution is 2.20. The zero-order valence-electron chi connectivity index (χ0n) is 14.1. The van der Waals surface area contributed by atoms with Crippen molar-refractivity contribution in [1.29, 1.82) is 0 Å². The van der Waals surface area contributed by atoms with E-state index in [-0.39, 0.29) is 5.91 Å². The highest BCUT2D eigenvalue weighted by Gasteiger charge is 2.08. The van der Waals surface area contributed by atoms with E-state index < -0.39 is 0 Å². The van der Waals surface area contributed by atoms with Crippen LogP contribution in [0.3, 0.4) is 0 Å². The number of nitrogens with one attached hydrogen (secondary N) is 2. The van der Waals surface area contributed by atoms with Crippen LogP contribution in [0.2, 0.25) is 5.02 Å². The predicted octanol–water partition coefficient (Wildman–Crippen LogP) is 5.29. The smallest absolute Gasteiger partial charge is 0.255 e. The SMILES string of the molecule is O=C(Nc1ccc(Cl)cc1)c1ccnc(NCCC2=CCCCC2)c1. The highest BCUT2D eigenvalue weighted by atomic mass is 35.5. The number of allylic oxidation sites excluding steroid dienone is 1. The largest absolute Gasteiger partial charge is 0.370 e. The summed E-state index contributed by atoms with van der Waals surface area (Å²) in [5.74, 6) is 0.558. The van der Waals surface area contributed by atoms with Gasteiger partial charge in [0.1, 0.15) is 5.82 Å². The second-order valence-electron chi connectivity index (χ2n) is 6.18. The normalized spacial score (nSPS) is 13.9. The van der Waals surface area contributed by atoms with Crippen LogP contribution in [0.5, 0.6) is 0 Å². The van der Waals surface area contributed by atoms with Gasteiger partial charge in [0.2, 0.25) is 0 Å². The lowest BCUT2D eigenvalue weighted by atomic mass is 9.97. The summed E-state index contributed by atoms with van der Waals surface area (Å²) in [6.45, 7) is 0.834. The average molecular weight is 356 g/mol. The molecule has 0 bridgehead atoms. The Hall–Kier alpha value is -2.33. The molecular formula is C20H22ClN3O. The minimum atomic E-state index is -0.164. The van der Waals surface area contributed by atoms with Gasteiger partial charge in [-0.3, -0.25) is 4.79 Å². The van der Waals surface area contributed by atoms with E-state index in [4.69, 9.17) is 11.6 Å².